The molecule has 0 spiro atoms. The summed E-state index contributed by atoms with van der Waals surface area (Å²) in [6.45, 7) is 13.9. The van der Waals surface area contributed by atoms with Crippen molar-refractivity contribution >= 4 is 0 Å². The molecule has 0 radical (unpaired) electrons. The summed E-state index contributed by atoms with van der Waals surface area (Å²) in [6, 6.07) is 0. The molecular weight excluding hydrogens is 232 g/mol. The Morgan fingerprint density at radius 3 is 1.89 bits per heavy atom. The van der Waals surface area contributed by atoms with Gasteiger partial charge >= 0.3 is 0 Å². The van der Waals surface area contributed by atoms with Crippen LogP contribution in [-0.2, 0) is 0 Å². The molecule has 0 amide bonds. The third-order valence-electron chi connectivity index (χ3n) is 4.55. The molecule has 0 heterocycles. The van der Waals surface area contributed by atoms with Gasteiger partial charge in [0.2, 0.25) is 0 Å². The lowest BCUT2D eigenvalue weighted by Crippen LogP contribution is -2.39. The average Bonchev–Trinajstić information content (AvgIpc) is 2.36. The molecule has 1 rings (SSSR count). The highest BCUT2D eigenvalue weighted by atomic mass is 15.1. The molecule has 2 heteroatoms. The van der Waals surface area contributed by atoms with E-state index in [1.807, 2.05) is 0 Å². The van der Waals surface area contributed by atoms with E-state index in [1.54, 1.807) is 0 Å². The summed E-state index contributed by atoms with van der Waals surface area (Å²) in [5, 5.41) is 0. The van der Waals surface area contributed by atoms with E-state index in [9.17, 15) is 0 Å². The second-order valence-electron chi connectivity index (χ2n) is 7.56. The molecule has 0 unspecified atom stereocenters. The summed E-state index contributed by atoms with van der Waals surface area (Å²) < 4.78 is 0. The number of hydrogen-bond donors (Lipinski definition) is 1. The second kappa shape index (κ2) is 8.26. The van der Waals surface area contributed by atoms with Gasteiger partial charge in [0.25, 0.3) is 0 Å². The second-order valence-corrected chi connectivity index (χ2v) is 7.56. The topological polar surface area (TPSA) is 29.3 Å². The number of hydrogen-bond acceptors (Lipinski definition) is 2. The maximum atomic E-state index is 6.11. The monoisotopic (exact) mass is 268 g/mol. The van der Waals surface area contributed by atoms with Crippen molar-refractivity contribution in [3.05, 3.63) is 0 Å². The molecule has 0 bridgehead atoms. The van der Waals surface area contributed by atoms with Gasteiger partial charge in [-0.05, 0) is 49.6 Å². The summed E-state index contributed by atoms with van der Waals surface area (Å²) in [5.41, 5.74) is 6.57. The van der Waals surface area contributed by atoms with Crippen LogP contribution in [0.3, 0.4) is 0 Å². The van der Waals surface area contributed by atoms with Crippen LogP contribution in [0.2, 0.25) is 0 Å². The summed E-state index contributed by atoms with van der Waals surface area (Å²) in [6.07, 6.45) is 8.24. The van der Waals surface area contributed by atoms with Crippen molar-refractivity contribution in [2.45, 2.75) is 66.2 Å². The fourth-order valence-corrected chi connectivity index (χ4v) is 3.54. The van der Waals surface area contributed by atoms with Crippen molar-refractivity contribution in [1.29, 1.82) is 0 Å². The van der Waals surface area contributed by atoms with Gasteiger partial charge in [-0.2, -0.15) is 0 Å². The Bertz CT molecular complexity index is 219. The van der Waals surface area contributed by atoms with Crippen molar-refractivity contribution in [3.8, 4) is 0 Å². The van der Waals surface area contributed by atoms with E-state index in [0.29, 0.717) is 5.41 Å². The van der Waals surface area contributed by atoms with E-state index in [0.717, 1.165) is 18.4 Å². The zero-order chi connectivity index (χ0) is 14.3. The summed E-state index contributed by atoms with van der Waals surface area (Å²) in [5.74, 6) is 1.53. The molecule has 0 aliphatic heterocycles. The Balaban J connectivity index is 2.48. The van der Waals surface area contributed by atoms with Crippen LogP contribution >= 0.6 is 0 Å². The van der Waals surface area contributed by atoms with Gasteiger partial charge < -0.3 is 10.6 Å². The number of nitrogens with two attached hydrogens (primary N) is 1. The quantitative estimate of drug-likeness (QED) is 0.723. The minimum Gasteiger partial charge on any atom is -0.330 e. The SMILES string of the molecule is CC(C)CN(CCC1(CN)CCCCC1)CC(C)C. The van der Waals surface area contributed by atoms with Gasteiger partial charge in [0.15, 0.2) is 0 Å². The fourth-order valence-electron chi connectivity index (χ4n) is 3.54. The lowest BCUT2D eigenvalue weighted by Gasteiger charge is -2.38. The van der Waals surface area contributed by atoms with Crippen LogP contribution in [0.15, 0.2) is 0 Å². The summed E-state index contributed by atoms with van der Waals surface area (Å²) >= 11 is 0. The smallest absolute Gasteiger partial charge is 0.000450 e. The molecule has 1 aliphatic rings. The third kappa shape index (κ3) is 6.27. The predicted molar refractivity (Wildman–Crippen MR) is 85.3 cm³/mol. The fraction of sp³-hybridized carbons (Fsp3) is 1.00. The Kier molecular flexibility index (Phi) is 7.38. The van der Waals surface area contributed by atoms with Crippen molar-refractivity contribution < 1.29 is 0 Å². The molecule has 19 heavy (non-hydrogen) atoms. The Labute approximate surface area is 121 Å². The van der Waals surface area contributed by atoms with Crippen LogP contribution in [0.4, 0.5) is 0 Å². The first-order valence-corrected chi connectivity index (χ1v) is 8.40. The van der Waals surface area contributed by atoms with Crippen molar-refractivity contribution in [2.24, 2.45) is 23.0 Å². The van der Waals surface area contributed by atoms with E-state index < -0.39 is 0 Å². The highest BCUT2D eigenvalue weighted by molar-refractivity contribution is 4.85. The maximum Gasteiger partial charge on any atom is 0.000450 e. The van der Waals surface area contributed by atoms with Crippen LogP contribution in [-0.4, -0.2) is 31.1 Å². The van der Waals surface area contributed by atoms with Crippen LogP contribution in [0.1, 0.15) is 66.2 Å². The molecule has 1 fully saturated rings. The molecule has 114 valence electrons. The van der Waals surface area contributed by atoms with Gasteiger partial charge in [-0.3, -0.25) is 0 Å². The molecule has 0 aromatic carbocycles. The minimum atomic E-state index is 0.463. The molecular formula is C17H36N2. The van der Waals surface area contributed by atoms with Crippen LogP contribution in [0.25, 0.3) is 0 Å². The summed E-state index contributed by atoms with van der Waals surface area (Å²) in [4.78, 5) is 2.67. The van der Waals surface area contributed by atoms with Crippen LogP contribution in [0.5, 0.6) is 0 Å². The zero-order valence-electron chi connectivity index (χ0n) is 13.8. The molecule has 0 saturated heterocycles. The first kappa shape index (κ1) is 17.0. The van der Waals surface area contributed by atoms with Crippen molar-refractivity contribution in [1.82, 2.24) is 4.90 Å². The van der Waals surface area contributed by atoms with E-state index in [1.165, 1.54) is 58.2 Å². The van der Waals surface area contributed by atoms with Crippen LogP contribution in [0, 0.1) is 17.3 Å². The minimum absolute atomic E-state index is 0.463. The van der Waals surface area contributed by atoms with Gasteiger partial charge in [0.05, 0.1) is 0 Å². The molecule has 1 saturated carbocycles. The van der Waals surface area contributed by atoms with E-state index in [2.05, 4.69) is 32.6 Å². The van der Waals surface area contributed by atoms with Gasteiger partial charge in [-0.25, -0.2) is 0 Å². The molecule has 0 atom stereocenters. The van der Waals surface area contributed by atoms with Gasteiger partial charge in [0, 0.05) is 13.1 Å². The normalized spacial score (nSPS) is 19.6. The highest BCUT2D eigenvalue weighted by Crippen LogP contribution is 2.38. The largest absolute Gasteiger partial charge is 0.330 e. The molecule has 2 N–H and O–H groups in total. The maximum absolute atomic E-state index is 6.11. The highest BCUT2D eigenvalue weighted by Gasteiger charge is 2.30. The Hall–Kier alpha value is -0.0800. The molecule has 2 nitrogen and oxygen atoms in total. The lowest BCUT2D eigenvalue weighted by atomic mass is 9.72. The zero-order valence-corrected chi connectivity index (χ0v) is 13.8. The first-order valence-electron chi connectivity index (χ1n) is 8.40. The Morgan fingerprint density at radius 2 is 1.47 bits per heavy atom. The number of rotatable bonds is 8. The molecule has 0 aromatic heterocycles. The van der Waals surface area contributed by atoms with E-state index in [-0.39, 0.29) is 0 Å². The van der Waals surface area contributed by atoms with E-state index >= 15 is 0 Å². The average molecular weight is 268 g/mol. The van der Waals surface area contributed by atoms with E-state index in [4.69, 9.17) is 5.73 Å². The summed E-state index contributed by atoms with van der Waals surface area (Å²) in [7, 11) is 0. The van der Waals surface area contributed by atoms with Gasteiger partial charge in [-0.1, -0.05) is 47.0 Å². The Morgan fingerprint density at radius 1 is 0.947 bits per heavy atom. The van der Waals surface area contributed by atoms with Crippen molar-refractivity contribution in [2.75, 3.05) is 26.2 Å². The van der Waals surface area contributed by atoms with Crippen molar-refractivity contribution in [3.63, 3.8) is 0 Å². The molecule has 1 aliphatic carbocycles. The van der Waals surface area contributed by atoms with Gasteiger partial charge in [-0.15, -0.1) is 0 Å². The number of nitrogens with zero attached hydrogens (tertiary/aromatic N) is 1. The standard InChI is InChI=1S/C17H36N2/c1-15(2)12-19(13-16(3)4)11-10-17(14-18)8-6-5-7-9-17/h15-16H,5-14,18H2,1-4H3. The lowest BCUT2D eigenvalue weighted by molar-refractivity contribution is 0.133. The van der Waals surface area contributed by atoms with Gasteiger partial charge in [0.1, 0.15) is 0 Å². The third-order valence-corrected chi connectivity index (χ3v) is 4.55. The van der Waals surface area contributed by atoms with Crippen LogP contribution < -0.4 is 5.73 Å². The first-order chi connectivity index (χ1) is 8.97. The predicted octanol–water partition coefficient (Wildman–Crippen LogP) is 3.90. The molecule has 0 aromatic rings.